The number of aliphatic hydroxyl groups excluding tert-OH is 1. The second-order valence-electron chi connectivity index (χ2n) is 11.5. The molecule has 2 aromatic carbocycles. The number of primary amides is 1. The number of hydrogen-bond acceptors (Lipinski definition) is 8. The maximum absolute atomic E-state index is 13.4. The van der Waals surface area contributed by atoms with Crippen molar-refractivity contribution in [3.8, 4) is 0 Å². The van der Waals surface area contributed by atoms with Crippen molar-refractivity contribution in [3.63, 3.8) is 0 Å². The van der Waals surface area contributed by atoms with Crippen LogP contribution in [0.1, 0.15) is 51.2 Å². The minimum Gasteiger partial charge on any atom is -0.459 e. The van der Waals surface area contributed by atoms with Crippen LogP contribution >= 0.6 is 0 Å². The first-order chi connectivity index (χ1) is 19.9. The fraction of sp³-hybridized carbons (Fsp3) is 0.484. The van der Waals surface area contributed by atoms with Crippen LogP contribution in [0.15, 0.2) is 60.7 Å². The maximum atomic E-state index is 13.4. The molecule has 11 heteroatoms. The quantitative estimate of drug-likeness (QED) is 0.261. The summed E-state index contributed by atoms with van der Waals surface area (Å²) in [5.74, 6) is -1.85. The van der Waals surface area contributed by atoms with Gasteiger partial charge in [0.05, 0.1) is 18.6 Å². The molecule has 0 saturated carbocycles. The molecule has 0 bridgehead atoms. The van der Waals surface area contributed by atoms with Crippen LogP contribution in [-0.4, -0.2) is 76.8 Å². The normalized spacial score (nSPS) is 17.5. The number of rotatable bonds is 13. The Kier molecular flexibility index (Phi) is 11.9. The Morgan fingerprint density at radius 3 is 2.21 bits per heavy atom. The molecule has 1 heterocycles. The summed E-state index contributed by atoms with van der Waals surface area (Å²) in [6.07, 6.45) is -0.808. The molecule has 1 unspecified atom stereocenters. The maximum Gasteiger partial charge on any atom is 0.408 e. The van der Waals surface area contributed by atoms with Crippen molar-refractivity contribution in [3.05, 3.63) is 71.8 Å². The lowest BCUT2D eigenvalue weighted by atomic mass is 9.99. The van der Waals surface area contributed by atoms with Gasteiger partial charge in [-0.3, -0.25) is 19.3 Å². The van der Waals surface area contributed by atoms with Crippen molar-refractivity contribution in [2.24, 2.45) is 5.73 Å². The zero-order chi connectivity index (χ0) is 30.7. The molecule has 5 N–H and O–H groups in total. The number of carbonyl (C=O) groups is 4. The van der Waals surface area contributed by atoms with Gasteiger partial charge in [-0.25, -0.2) is 4.79 Å². The third-order valence-corrected chi connectivity index (χ3v) is 6.78. The van der Waals surface area contributed by atoms with Gasteiger partial charge in [0, 0.05) is 6.54 Å². The first-order valence-corrected chi connectivity index (χ1v) is 14.2. The molecule has 1 fully saturated rings. The minimum absolute atomic E-state index is 0.0262. The Balaban J connectivity index is 1.71. The Bertz CT molecular complexity index is 1190. The molecule has 11 nitrogen and oxygen atoms in total. The molecule has 1 saturated heterocycles. The minimum atomic E-state index is -1.32. The molecule has 3 amide bonds. The number of benzene rings is 2. The second kappa shape index (κ2) is 15.3. The molecule has 2 aromatic rings. The number of carbonyl (C=O) groups excluding carboxylic acids is 4. The highest BCUT2D eigenvalue weighted by molar-refractivity contribution is 5.90. The Morgan fingerprint density at radius 2 is 1.62 bits per heavy atom. The second-order valence-corrected chi connectivity index (χ2v) is 11.5. The van der Waals surface area contributed by atoms with Crippen LogP contribution < -0.4 is 16.4 Å². The Morgan fingerprint density at radius 1 is 1.00 bits per heavy atom. The van der Waals surface area contributed by atoms with Crippen LogP contribution in [0.5, 0.6) is 0 Å². The highest BCUT2D eigenvalue weighted by Gasteiger charge is 2.37. The van der Waals surface area contributed by atoms with Gasteiger partial charge in [0.2, 0.25) is 11.8 Å². The van der Waals surface area contributed by atoms with E-state index < -0.39 is 54.2 Å². The average molecular weight is 583 g/mol. The number of amides is 3. The monoisotopic (exact) mass is 582 g/mol. The number of hydrogen-bond donors (Lipinski definition) is 4. The number of likely N-dealkylation sites (tertiary alicyclic amines) is 1. The fourth-order valence-corrected chi connectivity index (χ4v) is 4.80. The number of nitrogens with two attached hydrogens (primary N) is 1. The van der Waals surface area contributed by atoms with Crippen molar-refractivity contribution in [1.82, 2.24) is 15.5 Å². The summed E-state index contributed by atoms with van der Waals surface area (Å²) < 4.78 is 10.8. The Hall–Kier alpha value is -3.96. The van der Waals surface area contributed by atoms with Crippen LogP contribution in [-0.2, 0) is 36.9 Å². The molecule has 4 atom stereocenters. The van der Waals surface area contributed by atoms with E-state index in [1.165, 1.54) is 0 Å². The van der Waals surface area contributed by atoms with Gasteiger partial charge in [0.1, 0.15) is 24.3 Å². The SMILES string of the molecule is CC(C)(C)OC(=O)[C@@H]1CCCN1C[C@@H](O)[C@@H](Cc1ccccc1)NC(=O)C(CC(N)=O)NC(=O)OCc1ccccc1. The zero-order valence-corrected chi connectivity index (χ0v) is 24.5. The Labute approximate surface area is 246 Å². The molecule has 0 radical (unpaired) electrons. The van der Waals surface area contributed by atoms with Crippen molar-refractivity contribution in [2.75, 3.05) is 13.1 Å². The number of ether oxygens (including phenoxy) is 2. The first-order valence-electron chi connectivity index (χ1n) is 14.2. The first kappa shape index (κ1) is 32.6. The zero-order valence-electron chi connectivity index (χ0n) is 24.5. The smallest absolute Gasteiger partial charge is 0.408 e. The van der Waals surface area contributed by atoms with Crippen molar-refractivity contribution in [2.45, 2.75) is 82.9 Å². The van der Waals surface area contributed by atoms with Crippen molar-refractivity contribution < 1.29 is 33.8 Å². The van der Waals surface area contributed by atoms with E-state index in [1.807, 2.05) is 41.3 Å². The van der Waals surface area contributed by atoms with Gasteiger partial charge < -0.3 is 30.9 Å². The van der Waals surface area contributed by atoms with E-state index in [0.717, 1.165) is 17.5 Å². The number of aliphatic hydroxyl groups is 1. The predicted octanol–water partition coefficient (Wildman–Crippen LogP) is 2.05. The molecular weight excluding hydrogens is 540 g/mol. The van der Waals surface area contributed by atoms with Gasteiger partial charge in [0.25, 0.3) is 0 Å². The van der Waals surface area contributed by atoms with Gasteiger partial charge in [0.15, 0.2) is 0 Å². The molecular formula is C31H42N4O7. The number of nitrogens with zero attached hydrogens (tertiary/aromatic N) is 1. The summed E-state index contributed by atoms with van der Waals surface area (Å²) >= 11 is 0. The summed E-state index contributed by atoms with van der Waals surface area (Å²) in [7, 11) is 0. The lowest BCUT2D eigenvalue weighted by Crippen LogP contribution is -2.56. The lowest BCUT2D eigenvalue weighted by molar-refractivity contribution is -0.160. The van der Waals surface area contributed by atoms with E-state index in [0.29, 0.717) is 13.0 Å². The molecule has 228 valence electrons. The summed E-state index contributed by atoms with van der Waals surface area (Å²) in [5.41, 5.74) is 6.34. The van der Waals surface area contributed by atoms with E-state index in [4.69, 9.17) is 15.2 Å². The number of β-amino-alcohol motifs (C(OH)–C–C–N with tert-alkyl or cyclic N) is 1. The van der Waals surface area contributed by atoms with Gasteiger partial charge in [-0.15, -0.1) is 0 Å². The van der Waals surface area contributed by atoms with Crippen LogP contribution in [0, 0.1) is 0 Å². The van der Waals surface area contributed by atoms with E-state index in [9.17, 15) is 24.3 Å². The standard InChI is InChI=1S/C31H42N4O7/c1-31(2,3)42-29(39)25-15-10-16-35(25)19-26(36)23(17-21-11-6-4-7-12-21)33-28(38)24(18-27(32)37)34-30(40)41-20-22-13-8-5-9-14-22/h4-9,11-14,23-26,36H,10,15-20H2,1-3H3,(H2,32,37)(H,33,38)(H,34,40)/t23-,24?,25+,26-/m1/s1. The van der Waals surface area contributed by atoms with Gasteiger partial charge >= 0.3 is 12.1 Å². The lowest BCUT2D eigenvalue weighted by Gasteiger charge is -2.32. The molecule has 0 aromatic heterocycles. The van der Waals surface area contributed by atoms with Crippen LogP contribution in [0.4, 0.5) is 4.79 Å². The molecule has 1 aliphatic heterocycles. The molecule has 42 heavy (non-hydrogen) atoms. The van der Waals surface area contributed by atoms with Gasteiger partial charge in [-0.05, 0) is 57.7 Å². The number of alkyl carbamates (subject to hydrolysis) is 1. The van der Waals surface area contributed by atoms with Crippen LogP contribution in [0.3, 0.4) is 0 Å². The largest absolute Gasteiger partial charge is 0.459 e. The number of esters is 1. The van der Waals surface area contributed by atoms with Gasteiger partial charge in [-0.2, -0.15) is 0 Å². The highest BCUT2D eigenvalue weighted by Crippen LogP contribution is 2.22. The summed E-state index contributed by atoms with van der Waals surface area (Å²) in [5, 5.41) is 16.6. The van der Waals surface area contributed by atoms with E-state index in [1.54, 1.807) is 45.0 Å². The van der Waals surface area contributed by atoms with Crippen molar-refractivity contribution in [1.29, 1.82) is 0 Å². The van der Waals surface area contributed by atoms with E-state index >= 15 is 0 Å². The van der Waals surface area contributed by atoms with Crippen LogP contribution in [0.2, 0.25) is 0 Å². The fourth-order valence-electron chi connectivity index (χ4n) is 4.80. The molecule has 3 rings (SSSR count). The van der Waals surface area contributed by atoms with Gasteiger partial charge in [-0.1, -0.05) is 60.7 Å². The summed E-state index contributed by atoms with van der Waals surface area (Å²) in [6, 6.07) is 15.7. The summed E-state index contributed by atoms with van der Waals surface area (Å²) in [4.78, 5) is 52.3. The molecule has 0 spiro atoms. The van der Waals surface area contributed by atoms with Crippen molar-refractivity contribution >= 4 is 23.9 Å². The third kappa shape index (κ3) is 10.8. The number of nitrogens with one attached hydrogen (secondary N) is 2. The molecule has 0 aliphatic carbocycles. The molecule has 1 aliphatic rings. The predicted molar refractivity (Wildman–Crippen MR) is 156 cm³/mol. The van der Waals surface area contributed by atoms with E-state index in [2.05, 4.69) is 10.6 Å². The third-order valence-electron chi connectivity index (χ3n) is 6.78. The topological polar surface area (TPSA) is 160 Å². The average Bonchev–Trinajstić information content (AvgIpc) is 3.39. The van der Waals surface area contributed by atoms with Crippen LogP contribution in [0.25, 0.3) is 0 Å². The summed E-state index contributed by atoms with van der Waals surface area (Å²) in [6.45, 7) is 6.08. The highest BCUT2D eigenvalue weighted by atomic mass is 16.6. The van der Waals surface area contributed by atoms with E-state index in [-0.39, 0.29) is 25.5 Å².